The van der Waals surface area contributed by atoms with E-state index in [9.17, 15) is 4.79 Å². The molecule has 0 spiro atoms. The lowest BCUT2D eigenvalue weighted by Crippen LogP contribution is -2.47. The number of carbonyl (C=O) groups excluding carboxylic acids is 1. The molecule has 0 aromatic heterocycles. The highest BCUT2D eigenvalue weighted by molar-refractivity contribution is 5.81. The van der Waals surface area contributed by atoms with Crippen molar-refractivity contribution in [3.05, 3.63) is 35.9 Å². The van der Waals surface area contributed by atoms with Crippen LogP contribution < -0.4 is 10.6 Å². The lowest BCUT2D eigenvalue weighted by Gasteiger charge is -2.30. The van der Waals surface area contributed by atoms with Crippen molar-refractivity contribution in [2.75, 3.05) is 6.54 Å². The molecule has 0 bridgehead atoms. The van der Waals surface area contributed by atoms with Crippen LogP contribution in [0.5, 0.6) is 0 Å². The quantitative estimate of drug-likeness (QED) is 0.771. The summed E-state index contributed by atoms with van der Waals surface area (Å²) in [6, 6.07) is 10.7. The van der Waals surface area contributed by atoms with Gasteiger partial charge in [-0.3, -0.25) is 4.79 Å². The van der Waals surface area contributed by atoms with Crippen molar-refractivity contribution in [1.29, 1.82) is 0 Å². The van der Waals surface area contributed by atoms with Crippen LogP contribution in [0.1, 0.15) is 53.0 Å². The number of benzene rings is 1. The Labute approximate surface area is 129 Å². The summed E-state index contributed by atoms with van der Waals surface area (Å²) in [5.41, 5.74) is 1.43. The molecular weight excluding hydrogens is 260 g/mol. The average Bonchev–Trinajstić information content (AvgIpc) is 2.44. The van der Waals surface area contributed by atoms with E-state index in [0.29, 0.717) is 0 Å². The molecule has 0 saturated heterocycles. The lowest BCUT2D eigenvalue weighted by atomic mass is 9.79. The van der Waals surface area contributed by atoms with E-state index in [4.69, 9.17) is 0 Å². The van der Waals surface area contributed by atoms with Gasteiger partial charge in [0.2, 0.25) is 5.91 Å². The second kappa shape index (κ2) is 8.18. The first-order valence-corrected chi connectivity index (χ1v) is 7.96. The van der Waals surface area contributed by atoms with Gasteiger partial charge in [-0.1, -0.05) is 51.1 Å². The van der Waals surface area contributed by atoms with Gasteiger partial charge in [-0.15, -0.1) is 0 Å². The zero-order chi connectivity index (χ0) is 15.9. The summed E-state index contributed by atoms with van der Waals surface area (Å²) in [6.07, 6.45) is 1.96. The molecule has 1 rings (SSSR count). The molecule has 21 heavy (non-hydrogen) atoms. The fourth-order valence-corrected chi connectivity index (χ4v) is 2.74. The maximum absolute atomic E-state index is 11.9. The van der Waals surface area contributed by atoms with Crippen molar-refractivity contribution in [2.45, 2.75) is 65.0 Å². The molecule has 2 atom stereocenters. The predicted molar refractivity (Wildman–Crippen MR) is 89.4 cm³/mol. The topological polar surface area (TPSA) is 41.1 Å². The zero-order valence-corrected chi connectivity index (χ0v) is 14.1. The van der Waals surface area contributed by atoms with Gasteiger partial charge in [-0.25, -0.2) is 0 Å². The first-order valence-electron chi connectivity index (χ1n) is 7.96. The third-order valence-corrected chi connectivity index (χ3v) is 3.85. The molecule has 0 aliphatic carbocycles. The Morgan fingerprint density at radius 3 is 2.38 bits per heavy atom. The highest BCUT2D eigenvalue weighted by atomic mass is 16.2. The van der Waals surface area contributed by atoms with Crippen LogP contribution in [0.2, 0.25) is 0 Å². The van der Waals surface area contributed by atoms with Crippen LogP contribution in [0.25, 0.3) is 0 Å². The van der Waals surface area contributed by atoms with Crippen LogP contribution in [-0.4, -0.2) is 24.5 Å². The Morgan fingerprint density at radius 2 is 1.81 bits per heavy atom. The summed E-state index contributed by atoms with van der Waals surface area (Å²) in [4.78, 5) is 11.9. The van der Waals surface area contributed by atoms with Crippen LogP contribution in [-0.2, 0) is 10.2 Å². The SMILES string of the molecule is CCCNC(=O)C(C)NC(C)CC(C)(C)c1ccccc1. The fraction of sp³-hybridized carbons (Fsp3) is 0.611. The molecule has 0 radical (unpaired) electrons. The summed E-state index contributed by atoms with van der Waals surface area (Å²) >= 11 is 0. The number of hydrogen-bond donors (Lipinski definition) is 2. The van der Waals surface area contributed by atoms with Gasteiger partial charge < -0.3 is 10.6 Å². The van der Waals surface area contributed by atoms with Gasteiger partial charge in [0.05, 0.1) is 6.04 Å². The van der Waals surface area contributed by atoms with Gasteiger partial charge >= 0.3 is 0 Å². The van der Waals surface area contributed by atoms with E-state index in [1.165, 1.54) is 5.56 Å². The van der Waals surface area contributed by atoms with Crippen molar-refractivity contribution in [1.82, 2.24) is 10.6 Å². The third kappa shape index (κ3) is 5.88. The van der Waals surface area contributed by atoms with E-state index in [1.54, 1.807) is 0 Å². The van der Waals surface area contributed by atoms with Crippen LogP contribution in [0, 0.1) is 0 Å². The fourth-order valence-electron chi connectivity index (χ4n) is 2.74. The van der Waals surface area contributed by atoms with Crippen LogP contribution in [0.15, 0.2) is 30.3 Å². The molecule has 1 amide bonds. The summed E-state index contributed by atoms with van der Waals surface area (Å²) in [6.45, 7) is 11.4. The third-order valence-electron chi connectivity index (χ3n) is 3.85. The first kappa shape index (κ1) is 17.7. The van der Waals surface area contributed by atoms with Crippen molar-refractivity contribution in [3.8, 4) is 0 Å². The Bertz CT molecular complexity index is 428. The molecule has 1 aromatic rings. The number of amides is 1. The largest absolute Gasteiger partial charge is 0.355 e. The molecular formula is C18H30N2O. The van der Waals surface area contributed by atoms with Crippen molar-refractivity contribution >= 4 is 5.91 Å². The van der Waals surface area contributed by atoms with E-state index in [-0.39, 0.29) is 23.4 Å². The van der Waals surface area contributed by atoms with Gasteiger partial charge in [0.15, 0.2) is 0 Å². The second-order valence-corrected chi connectivity index (χ2v) is 6.53. The minimum Gasteiger partial charge on any atom is -0.355 e. The van der Waals surface area contributed by atoms with Crippen LogP contribution in [0.3, 0.4) is 0 Å². The Kier molecular flexibility index (Phi) is 6.90. The summed E-state index contributed by atoms with van der Waals surface area (Å²) in [7, 11) is 0. The van der Waals surface area contributed by atoms with Gasteiger partial charge in [0.25, 0.3) is 0 Å². The number of rotatable bonds is 8. The molecule has 0 heterocycles. The van der Waals surface area contributed by atoms with Crippen LogP contribution >= 0.6 is 0 Å². The van der Waals surface area contributed by atoms with E-state index < -0.39 is 0 Å². The predicted octanol–water partition coefficient (Wildman–Crippen LogP) is 3.25. The van der Waals surface area contributed by atoms with Crippen molar-refractivity contribution in [2.24, 2.45) is 0 Å². The smallest absolute Gasteiger partial charge is 0.236 e. The average molecular weight is 290 g/mol. The highest BCUT2D eigenvalue weighted by Gasteiger charge is 2.24. The number of hydrogen-bond acceptors (Lipinski definition) is 2. The Balaban J connectivity index is 2.53. The van der Waals surface area contributed by atoms with E-state index in [1.807, 2.05) is 13.0 Å². The highest BCUT2D eigenvalue weighted by Crippen LogP contribution is 2.28. The Morgan fingerprint density at radius 1 is 1.19 bits per heavy atom. The monoisotopic (exact) mass is 290 g/mol. The summed E-state index contributed by atoms with van der Waals surface area (Å²) < 4.78 is 0. The van der Waals surface area contributed by atoms with Gasteiger partial charge in [0.1, 0.15) is 0 Å². The molecule has 0 fully saturated rings. The van der Waals surface area contributed by atoms with Gasteiger partial charge in [0, 0.05) is 12.6 Å². The molecule has 0 aliphatic heterocycles. The Hall–Kier alpha value is -1.35. The molecule has 3 heteroatoms. The second-order valence-electron chi connectivity index (χ2n) is 6.53. The molecule has 2 N–H and O–H groups in total. The molecule has 1 aromatic carbocycles. The lowest BCUT2D eigenvalue weighted by molar-refractivity contribution is -0.122. The number of carbonyl (C=O) groups is 1. The van der Waals surface area contributed by atoms with Crippen molar-refractivity contribution < 1.29 is 4.79 Å². The minimum absolute atomic E-state index is 0.0845. The van der Waals surface area contributed by atoms with Gasteiger partial charge in [-0.05, 0) is 37.7 Å². The maximum Gasteiger partial charge on any atom is 0.236 e. The standard InChI is InChI=1S/C18H30N2O/c1-6-12-19-17(21)15(3)20-14(2)13-18(4,5)16-10-8-7-9-11-16/h7-11,14-15,20H,6,12-13H2,1-5H3,(H,19,21). The van der Waals surface area contributed by atoms with E-state index in [2.05, 4.69) is 62.6 Å². The summed E-state index contributed by atoms with van der Waals surface area (Å²) in [5.74, 6) is 0.0845. The molecule has 118 valence electrons. The van der Waals surface area contributed by atoms with E-state index in [0.717, 1.165) is 19.4 Å². The minimum atomic E-state index is -0.155. The van der Waals surface area contributed by atoms with Crippen molar-refractivity contribution in [3.63, 3.8) is 0 Å². The van der Waals surface area contributed by atoms with Crippen LogP contribution in [0.4, 0.5) is 0 Å². The molecule has 0 saturated carbocycles. The zero-order valence-electron chi connectivity index (χ0n) is 14.1. The summed E-state index contributed by atoms with van der Waals surface area (Å²) in [5, 5.41) is 6.33. The van der Waals surface area contributed by atoms with E-state index >= 15 is 0 Å². The first-order chi connectivity index (χ1) is 9.86. The molecule has 2 unspecified atom stereocenters. The number of nitrogens with one attached hydrogen (secondary N) is 2. The molecule has 0 aliphatic rings. The normalized spacial score (nSPS) is 14.5. The van der Waals surface area contributed by atoms with Gasteiger partial charge in [-0.2, -0.15) is 0 Å². The maximum atomic E-state index is 11.9. The molecule has 3 nitrogen and oxygen atoms in total.